The predicted octanol–water partition coefficient (Wildman–Crippen LogP) is -3.47. The minimum Gasteiger partial charge on any atom is -1.00 e. The fourth-order valence-corrected chi connectivity index (χ4v) is 2.09. The topological polar surface area (TPSA) is 84.8 Å². The third-order valence-electron chi connectivity index (χ3n) is 2.33. The third-order valence-corrected chi connectivity index (χ3v) is 3.36. The van der Waals surface area contributed by atoms with Crippen molar-refractivity contribution in [2.75, 3.05) is 18.6 Å². The lowest BCUT2D eigenvalue weighted by Crippen LogP contribution is -3.00. The molecular formula is C10H18ClN3O4S. The average molecular weight is 312 g/mol. The number of rotatable bonds is 7. The zero-order chi connectivity index (χ0) is 13.6. The normalized spacial score (nSPS) is 11.7. The number of sulfone groups is 1. The molecule has 0 radical (unpaired) electrons. The van der Waals surface area contributed by atoms with E-state index in [0.29, 0.717) is 18.9 Å². The lowest BCUT2D eigenvalue weighted by atomic mass is 10.5. The maximum Gasteiger partial charge on any atom is 0.305 e. The van der Waals surface area contributed by atoms with E-state index < -0.39 is 9.84 Å². The summed E-state index contributed by atoms with van der Waals surface area (Å²) >= 11 is 0. The Morgan fingerprint density at radius 2 is 2.26 bits per heavy atom. The van der Waals surface area contributed by atoms with Crippen LogP contribution in [0.15, 0.2) is 17.5 Å². The SMILES string of the molecule is C[n+]1ccn(COCCCS(C)(=O)=O)c1/C=N/O.[Cl-]. The molecule has 1 rings (SSSR count). The van der Waals surface area contributed by atoms with Crippen LogP contribution in [0.1, 0.15) is 12.2 Å². The Balaban J connectivity index is 0.00000324. The molecule has 0 spiro atoms. The second-order valence-electron chi connectivity index (χ2n) is 4.00. The van der Waals surface area contributed by atoms with Crippen molar-refractivity contribution in [3.63, 3.8) is 0 Å². The summed E-state index contributed by atoms with van der Waals surface area (Å²) in [7, 11) is -1.11. The molecule has 7 nitrogen and oxygen atoms in total. The molecule has 1 aromatic rings. The maximum atomic E-state index is 10.9. The fraction of sp³-hybridized carbons (Fsp3) is 0.600. The number of aryl methyl sites for hydroxylation is 1. The van der Waals surface area contributed by atoms with Gasteiger partial charge in [-0.15, -0.1) is 0 Å². The molecular weight excluding hydrogens is 294 g/mol. The van der Waals surface area contributed by atoms with Gasteiger partial charge in [-0.3, -0.25) is 0 Å². The molecule has 0 saturated carbocycles. The highest BCUT2D eigenvalue weighted by atomic mass is 35.5. The minimum absolute atomic E-state index is 0. The van der Waals surface area contributed by atoms with Gasteiger partial charge in [-0.1, -0.05) is 5.16 Å². The summed E-state index contributed by atoms with van der Waals surface area (Å²) in [5.74, 6) is 0.804. The van der Waals surface area contributed by atoms with Gasteiger partial charge in [-0.2, -0.15) is 0 Å². The van der Waals surface area contributed by atoms with Gasteiger partial charge in [0.2, 0.25) is 0 Å². The summed E-state index contributed by atoms with van der Waals surface area (Å²) in [6, 6.07) is 0. The molecule has 0 aromatic carbocycles. The molecule has 0 unspecified atom stereocenters. The molecule has 0 amide bonds. The van der Waals surface area contributed by atoms with Gasteiger partial charge in [0, 0.05) is 6.26 Å². The fourth-order valence-electron chi connectivity index (χ4n) is 1.45. The number of aromatic nitrogens is 2. The van der Waals surface area contributed by atoms with E-state index in [1.54, 1.807) is 21.5 Å². The van der Waals surface area contributed by atoms with Crippen LogP contribution >= 0.6 is 0 Å². The Kier molecular flexibility index (Phi) is 7.65. The Hall–Kier alpha value is -1.12. The van der Waals surface area contributed by atoms with Gasteiger partial charge < -0.3 is 22.4 Å². The van der Waals surface area contributed by atoms with Gasteiger partial charge in [-0.25, -0.2) is 17.6 Å². The lowest BCUT2D eigenvalue weighted by Gasteiger charge is -2.02. The summed E-state index contributed by atoms with van der Waals surface area (Å²) in [6.45, 7) is 0.649. The summed E-state index contributed by atoms with van der Waals surface area (Å²) in [4.78, 5) is 0. The van der Waals surface area contributed by atoms with Crippen molar-refractivity contribution < 1.29 is 35.3 Å². The van der Waals surface area contributed by atoms with Crippen molar-refractivity contribution in [3.8, 4) is 0 Å². The van der Waals surface area contributed by atoms with E-state index in [1.807, 2.05) is 7.05 Å². The first-order valence-electron chi connectivity index (χ1n) is 5.41. The number of imidazole rings is 1. The van der Waals surface area contributed by atoms with Crippen LogP contribution in [-0.2, 0) is 28.4 Å². The molecule has 0 saturated heterocycles. The Morgan fingerprint density at radius 1 is 1.58 bits per heavy atom. The van der Waals surface area contributed by atoms with Crippen LogP contribution in [0.2, 0.25) is 0 Å². The molecule has 0 aliphatic heterocycles. The predicted molar refractivity (Wildman–Crippen MR) is 65.3 cm³/mol. The zero-order valence-corrected chi connectivity index (χ0v) is 12.4. The molecule has 1 aromatic heterocycles. The molecule has 0 bridgehead atoms. The number of oxime groups is 1. The monoisotopic (exact) mass is 311 g/mol. The van der Waals surface area contributed by atoms with E-state index in [2.05, 4.69) is 5.16 Å². The zero-order valence-electron chi connectivity index (χ0n) is 10.9. The van der Waals surface area contributed by atoms with E-state index >= 15 is 0 Å². The Labute approximate surface area is 118 Å². The van der Waals surface area contributed by atoms with Gasteiger partial charge >= 0.3 is 5.82 Å². The van der Waals surface area contributed by atoms with Crippen molar-refractivity contribution in [2.24, 2.45) is 12.2 Å². The van der Waals surface area contributed by atoms with Crippen LogP contribution in [-0.4, -0.2) is 43.0 Å². The highest BCUT2D eigenvalue weighted by Gasteiger charge is 2.12. The lowest BCUT2D eigenvalue weighted by molar-refractivity contribution is -0.672. The van der Waals surface area contributed by atoms with Crippen molar-refractivity contribution in [1.82, 2.24) is 4.57 Å². The molecule has 0 aliphatic rings. The first kappa shape index (κ1) is 17.9. The first-order chi connectivity index (χ1) is 8.44. The highest BCUT2D eigenvalue weighted by Crippen LogP contribution is 1.95. The summed E-state index contributed by atoms with van der Waals surface area (Å²) < 4.78 is 30.7. The van der Waals surface area contributed by atoms with Crippen molar-refractivity contribution in [1.29, 1.82) is 0 Å². The van der Waals surface area contributed by atoms with Crippen LogP contribution in [0.25, 0.3) is 0 Å². The van der Waals surface area contributed by atoms with Gasteiger partial charge in [-0.05, 0) is 6.42 Å². The summed E-state index contributed by atoms with van der Waals surface area (Å²) in [6.07, 6.45) is 6.56. The Bertz CT molecular complexity index is 513. The number of hydrogen-bond acceptors (Lipinski definition) is 5. The van der Waals surface area contributed by atoms with Gasteiger partial charge in [0.25, 0.3) is 0 Å². The van der Waals surface area contributed by atoms with Crippen molar-refractivity contribution in [2.45, 2.75) is 13.2 Å². The van der Waals surface area contributed by atoms with Gasteiger partial charge in [0.15, 0.2) is 12.9 Å². The largest absolute Gasteiger partial charge is 1.00 e. The first-order valence-corrected chi connectivity index (χ1v) is 7.48. The molecule has 1 heterocycles. The van der Waals surface area contributed by atoms with Crippen LogP contribution < -0.4 is 17.0 Å². The van der Waals surface area contributed by atoms with Crippen LogP contribution in [0.4, 0.5) is 0 Å². The van der Waals surface area contributed by atoms with E-state index in [1.165, 1.54) is 12.5 Å². The van der Waals surface area contributed by atoms with E-state index in [-0.39, 0.29) is 24.9 Å². The number of nitrogens with zero attached hydrogens (tertiary/aromatic N) is 3. The maximum absolute atomic E-state index is 10.9. The van der Waals surface area contributed by atoms with Crippen LogP contribution in [0, 0.1) is 0 Å². The number of hydrogen-bond donors (Lipinski definition) is 1. The van der Waals surface area contributed by atoms with E-state index in [9.17, 15) is 8.42 Å². The molecule has 0 fully saturated rings. The van der Waals surface area contributed by atoms with Crippen LogP contribution in [0.3, 0.4) is 0 Å². The number of ether oxygens (including phenoxy) is 1. The second-order valence-corrected chi connectivity index (χ2v) is 6.26. The molecule has 0 atom stereocenters. The standard InChI is InChI=1S/C10H17N3O4S.ClH/c1-12-4-5-13(10(12)8-11-14)9-17-6-3-7-18(2,15)16;/h4-5,8H,3,6-7,9H2,1-2H3;1H. The summed E-state index contributed by atoms with van der Waals surface area (Å²) in [5.41, 5.74) is 0. The van der Waals surface area contributed by atoms with Gasteiger partial charge in [0.1, 0.15) is 22.2 Å². The van der Waals surface area contributed by atoms with Crippen molar-refractivity contribution >= 4 is 16.1 Å². The molecule has 9 heteroatoms. The Morgan fingerprint density at radius 3 is 2.84 bits per heavy atom. The average Bonchev–Trinajstić information content (AvgIpc) is 2.60. The highest BCUT2D eigenvalue weighted by molar-refractivity contribution is 7.90. The number of halogens is 1. The third kappa shape index (κ3) is 6.55. The smallest absolute Gasteiger partial charge is 0.305 e. The molecule has 110 valence electrons. The molecule has 19 heavy (non-hydrogen) atoms. The quantitative estimate of drug-likeness (QED) is 0.186. The minimum atomic E-state index is -2.93. The van der Waals surface area contributed by atoms with E-state index in [4.69, 9.17) is 9.94 Å². The van der Waals surface area contributed by atoms with Gasteiger partial charge in [0.05, 0.1) is 19.4 Å². The molecule has 0 aliphatic carbocycles. The summed E-state index contributed by atoms with van der Waals surface area (Å²) in [5, 5.41) is 11.5. The van der Waals surface area contributed by atoms with Crippen LogP contribution in [0.5, 0.6) is 0 Å². The second kappa shape index (κ2) is 8.13. The molecule has 1 N–H and O–H groups in total. The van der Waals surface area contributed by atoms with E-state index in [0.717, 1.165) is 0 Å². The van der Waals surface area contributed by atoms with Crippen molar-refractivity contribution in [3.05, 3.63) is 18.2 Å².